The van der Waals surface area contributed by atoms with Crippen molar-refractivity contribution < 1.29 is 14.7 Å². The third-order valence-electron chi connectivity index (χ3n) is 3.28. The fraction of sp³-hybridized carbons (Fsp3) is 0. The summed E-state index contributed by atoms with van der Waals surface area (Å²) in [6.07, 6.45) is 1.56. The Morgan fingerprint density at radius 3 is 2.23 bits per heavy atom. The van der Waals surface area contributed by atoms with Gasteiger partial charge in [-0.2, -0.15) is 0 Å². The number of aromatic amines is 1. The van der Waals surface area contributed by atoms with E-state index < -0.39 is 11.8 Å². The molecule has 108 valence electrons. The first-order valence-corrected chi connectivity index (χ1v) is 6.64. The Bertz CT molecular complexity index is 838. The van der Waals surface area contributed by atoms with Gasteiger partial charge in [-0.25, -0.2) is 9.78 Å². The maximum absolute atomic E-state index is 12.5. The number of hydrogen-bond donors (Lipinski definition) is 2. The maximum atomic E-state index is 12.5. The van der Waals surface area contributed by atoms with Crippen molar-refractivity contribution in [1.29, 1.82) is 0 Å². The molecule has 0 saturated heterocycles. The first kappa shape index (κ1) is 13.8. The fourth-order valence-electron chi connectivity index (χ4n) is 2.20. The molecule has 0 radical (unpaired) electrons. The molecule has 0 saturated carbocycles. The summed E-state index contributed by atoms with van der Waals surface area (Å²) in [7, 11) is 0. The lowest BCUT2D eigenvalue weighted by Crippen LogP contribution is -2.10. The summed E-state index contributed by atoms with van der Waals surface area (Å²) in [6, 6.07) is 15.6. The monoisotopic (exact) mass is 292 g/mol. The fourth-order valence-corrected chi connectivity index (χ4v) is 2.20. The second-order valence-corrected chi connectivity index (χ2v) is 4.69. The molecule has 3 aromatic rings. The first-order chi connectivity index (χ1) is 10.7. The van der Waals surface area contributed by atoms with Crippen LogP contribution in [0, 0.1) is 0 Å². The van der Waals surface area contributed by atoms with E-state index in [-0.39, 0.29) is 17.0 Å². The number of aromatic nitrogens is 2. The zero-order valence-electron chi connectivity index (χ0n) is 11.5. The Morgan fingerprint density at radius 2 is 1.55 bits per heavy atom. The molecule has 3 rings (SSSR count). The highest BCUT2D eigenvalue weighted by molar-refractivity contribution is 6.12. The van der Waals surface area contributed by atoms with Crippen molar-refractivity contribution in [3.63, 3.8) is 0 Å². The van der Waals surface area contributed by atoms with Crippen LogP contribution in [0.4, 0.5) is 0 Å². The van der Waals surface area contributed by atoms with E-state index in [1.54, 1.807) is 18.3 Å². The molecule has 0 spiro atoms. The van der Waals surface area contributed by atoms with Gasteiger partial charge in [0, 0.05) is 5.56 Å². The highest BCUT2D eigenvalue weighted by Crippen LogP contribution is 2.18. The minimum atomic E-state index is -1.14. The van der Waals surface area contributed by atoms with Gasteiger partial charge >= 0.3 is 5.97 Å². The summed E-state index contributed by atoms with van der Waals surface area (Å²) in [5.41, 5.74) is 1.69. The lowest BCUT2D eigenvalue weighted by Gasteiger charge is -2.02. The molecule has 1 aromatic heterocycles. The summed E-state index contributed by atoms with van der Waals surface area (Å²) >= 11 is 0. The van der Waals surface area contributed by atoms with Crippen molar-refractivity contribution in [1.82, 2.24) is 9.97 Å². The van der Waals surface area contributed by atoms with Crippen molar-refractivity contribution in [2.24, 2.45) is 0 Å². The number of carboxylic acids is 1. The molecule has 5 heteroatoms. The van der Waals surface area contributed by atoms with Crippen LogP contribution in [0.15, 0.2) is 60.8 Å². The van der Waals surface area contributed by atoms with Crippen LogP contribution in [0.25, 0.3) is 11.3 Å². The third kappa shape index (κ3) is 2.52. The number of carbonyl (C=O) groups excluding carboxylic acids is 1. The van der Waals surface area contributed by atoms with Crippen molar-refractivity contribution in [3.8, 4) is 11.3 Å². The molecule has 0 bridgehead atoms. The lowest BCUT2D eigenvalue weighted by molar-refractivity contribution is 0.0692. The van der Waals surface area contributed by atoms with E-state index in [0.717, 1.165) is 5.56 Å². The Labute approximate surface area is 126 Å². The molecular weight excluding hydrogens is 280 g/mol. The van der Waals surface area contributed by atoms with Crippen LogP contribution < -0.4 is 0 Å². The summed E-state index contributed by atoms with van der Waals surface area (Å²) in [5, 5.41) is 9.16. The molecule has 1 heterocycles. The molecule has 2 aromatic carbocycles. The summed E-state index contributed by atoms with van der Waals surface area (Å²) < 4.78 is 0. The normalized spacial score (nSPS) is 10.4. The predicted molar refractivity (Wildman–Crippen MR) is 80.9 cm³/mol. The molecule has 0 unspecified atom stereocenters. The number of rotatable bonds is 4. The van der Waals surface area contributed by atoms with Crippen LogP contribution >= 0.6 is 0 Å². The van der Waals surface area contributed by atoms with Crippen molar-refractivity contribution >= 4 is 11.8 Å². The van der Waals surface area contributed by atoms with E-state index in [1.807, 2.05) is 30.3 Å². The molecule has 0 amide bonds. The van der Waals surface area contributed by atoms with Gasteiger partial charge < -0.3 is 10.1 Å². The SMILES string of the molecule is O=C(O)c1ccccc1C(=O)c1ncc(-c2ccccc2)[nH]1. The largest absolute Gasteiger partial charge is 0.478 e. The summed E-state index contributed by atoms with van der Waals surface area (Å²) in [6.45, 7) is 0. The Kier molecular flexibility index (Phi) is 3.53. The molecule has 0 fully saturated rings. The van der Waals surface area contributed by atoms with Crippen LogP contribution in [0.2, 0.25) is 0 Å². The first-order valence-electron chi connectivity index (χ1n) is 6.64. The van der Waals surface area contributed by atoms with Gasteiger partial charge in [-0.1, -0.05) is 48.5 Å². The van der Waals surface area contributed by atoms with Gasteiger partial charge in [0.05, 0.1) is 17.5 Å². The minimum absolute atomic E-state index is 0.0369. The zero-order chi connectivity index (χ0) is 15.5. The number of hydrogen-bond acceptors (Lipinski definition) is 3. The molecule has 0 aliphatic carbocycles. The Hall–Kier alpha value is -3.21. The average molecular weight is 292 g/mol. The third-order valence-corrected chi connectivity index (χ3v) is 3.28. The zero-order valence-corrected chi connectivity index (χ0v) is 11.5. The molecule has 2 N–H and O–H groups in total. The highest BCUT2D eigenvalue weighted by atomic mass is 16.4. The van der Waals surface area contributed by atoms with Gasteiger partial charge in [0.2, 0.25) is 5.78 Å². The Balaban J connectivity index is 1.98. The van der Waals surface area contributed by atoms with Crippen LogP contribution in [-0.2, 0) is 0 Å². The van der Waals surface area contributed by atoms with E-state index in [4.69, 9.17) is 5.11 Å². The molecule has 0 aliphatic rings. The van der Waals surface area contributed by atoms with E-state index in [1.165, 1.54) is 12.1 Å². The van der Waals surface area contributed by atoms with E-state index in [9.17, 15) is 9.59 Å². The quantitative estimate of drug-likeness (QED) is 0.724. The van der Waals surface area contributed by atoms with Gasteiger partial charge in [0.15, 0.2) is 5.82 Å². The average Bonchev–Trinajstić information content (AvgIpc) is 3.05. The molecule has 0 aliphatic heterocycles. The number of carboxylic acid groups (broad SMARTS) is 1. The van der Waals surface area contributed by atoms with Crippen molar-refractivity contribution in [3.05, 3.63) is 77.7 Å². The van der Waals surface area contributed by atoms with Gasteiger partial charge in [-0.05, 0) is 11.6 Å². The minimum Gasteiger partial charge on any atom is -0.478 e. The number of ketones is 1. The number of H-pyrrole nitrogens is 1. The molecular formula is C17H12N2O3. The number of nitrogens with zero attached hydrogens (tertiary/aromatic N) is 1. The van der Waals surface area contributed by atoms with Crippen molar-refractivity contribution in [2.75, 3.05) is 0 Å². The summed E-state index contributed by atoms with van der Waals surface area (Å²) in [5.74, 6) is -1.47. The molecule has 0 atom stereocenters. The van der Waals surface area contributed by atoms with Gasteiger partial charge in [0.25, 0.3) is 0 Å². The number of aromatic carboxylic acids is 1. The smallest absolute Gasteiger partial charge is 0.336 e. The molecule has 22 heavy (non-hydrogen) atoms. The van der Waals surface area contributed by atoms with Gasteiger partial charge in [-0.15, -0.1) is 0 Å². The van der Waals surface area contributed by atoms with Crippen LogP contribution in [0.5, 0.6) is 0 Å². The van der Waals surface area contributed by atoms with E-state index >= 15 is 0 Å². The maximum Gasteiger partial charge on any atom is 0.336 e. The molecule has 5 nitrogen and oxygen atoms in total. The number of nitrogens with one attached hydrogen (secondary N) is 1. The standard InChI is InChI=1S/C17H12N2O3/c20-15(12-8-4-5-9-13(12)17(21)22)16-18-10-14(19-16)11-6-2-1-3-7-11/h1-10H,(H,18,19)(H,21,22). The number of benzene rings is 2. The predicted octanol–water partition coefficient (Wildman–Crippen LogP) is 3.01. The second-order valence-electron chi connectivity index (χ2n) is 4.69. The van der Waals surface area contributed by atoms with E-state index in [0.29, 0.717) is 5.69 Å². The number of carbonyl (C=O) groups is 2. The van der Waals surface area contributed by atoms with Gasteiger partial charge in [0.1, 0.15) is 0 Å². The number of imidazole rings is 1. The second kappa shape index (κ2) is 5.65. The Morgan fingerprint density at radius 1 is 0.909 bits per heavy atom. The highest BCUT2D eigenvalue weighted by Gasteiger charge is 2.19. The van der Waals surface area contributed by atoms with Crippen molar-refractivity contribution in [2.45, 2.75) is 0 Å². The van der Waals surface area contributed by atoms with Gasteiger partial charge in [-0.3, -0.25) is 4.79 Å². The van der Waals surface area contributed by atoms with Crippen LogP contribution in [0.1, 0.15) is 26.5 Å². The summed E-state index contributed by atoms with van der Waals surface area (Å²) in [4.78, 5) is 30.7. The van der Waals surface area contributed by atoms with Crippen LogP contribution in [0.3, 0.4) is 0 Å². The topological polar surface area (TPSA) is 83.0 Å². The lowest BCUT2D eigenvalue weighted by atomic mass is 10.0. The van der Waals surface area contributed by atoms with E-state index in [2.05, 4.69) is 9.97 Å². The van der Waals surface area contributed by atoms with Crippen LogP contribution in [-0.4, -0.2) is 26.8 Å².